The lowest BCUT2D eigenvalue weighted by Crippen LogP contribution is -2.58. The van der Waals surface area contributed by atoms with E-state index in [0.717, 1.165) is 25.0 Å². The second-order valence-corrected chi connectivity index (χ2v) is 7.30. The summed E-state index contributed by atoms with van der Waals surface area (Å²) >= 11 is 0. The number of rotatable bonds is 5. The van der Waals surface area contributed by atoms with Gasteiger partial charge in [-0.25, -0.2) is 0 Å². The maximum atomic E-state index is 13.1. The van der Waals surface area contributed by atoms with Gasteiger partial charge < -0.3 is 15.4 Å². The van der Waals surface area contributed by atoms with Crippen LogP contribution in [0, 0.1) is 6.92 Å². The quantitative estimate of drug-likeness (QED) is 0.878. The van der Waals surface area contributed by atoms with Crippen LogP contribution in [0.15, 0.2) is 6.07 Å². The number of aryl methyl sites for hydroxylation is 1. The summed E-state index contributed by atoms with van der Waals surface area (Å²) in [4.78, 5) is 26.7. The van der Waals surface area contributed by atoms with Gasteiger partial charge in [-0.2, -0.15) is 5.10 Å². The van der Waals surface area contributed by atoms with Crippen LogP contribution in [0.25, 0.3) is 0 Å². The van der Waals surface area contributed by atoms with Gasteiger partial charge in [0.25, 0.3) is 5.91 Å². The molecule has 2 heterocycles. The van der Waals surface area contributed by atoms with Gasteiger partial charge in [0.05, 0.1) is 12.6 Å². The molecule has 1 aliphatic heterocycles. The highest BCUT2D eigenvalue weighted by Crippen LogP contribution is 2.32. The summed E-state index contributed by atoms with van der Waals surface area (Å²) in [5, 5.41) is 4.60. The second kappa shape index (κ2) is 7.15. The molecule has 2 fully saturated rings. The van der Waals surface area contributed by atoms with E-state index < -0.39 is 11.4 Å². The number of likely N-dealkylation sites (tertiary alicyclic amines) is 1. The Kier molecular flexibility index (Phi) is 5.13. The van der Waals surface area contributed by atoms with Crippen LogP contribution >= 0.6 is 0 Å². The predicted molar refractivity (Wildman–Crippen MR) is 93.2 cm³/mol. The number of ether oxygens (including phenoxy) is 1. The molecule has 0 radical (unpaired) electrons. The molecule has 138 valence electrons. The normalized spacial score (nSPS) is 24.6. The molecule has 7 nitrogen and oxygen atoms in total. The number of primary amides is 1. The number of methoxy groups -OCH3 is 1. The highest BCUT2D eigenvalue weighted by atomic mass is 16.5. The third-order valence-corrected chi connectivity index (χ3v) is 5.64. The summed E-state index contributed by atoms with van der Waals surface area (Å²) in [7, 11) is 1.52. The zero-order valence-corrected chi connectivity index (χ0v) is 15.2. The zero-order chi connectivity index (χ0) is 18.0. The summed E-state index contributed by atoms with van der Waals surface area (Å²) in [6.07, 6.45) is 7.17. The van der Waals surface area contributed by atoms with Crippen molar-refractivity contribution >= 4 is 11.8 Å². The molecular weight excluding hydrogens is 320 g/mol. The molecule has 1 atom stereocenters. The Balaban J connectivity index is 1.86. The van der Waals surface area contributed by atoms with E-state index in [2.05, 4.69) is 5.10 Å². The van der Waals surface area contributed by atoms with Gasteiger partial charge in [-0.15, -0.1) is 0 Å². The number of carbonyl (C=O) groups is 2. The van der Waals surface area contributed by atoms with Gasteiger partial charge in [0.1, 0.15) is 5.54 Å². The Morgan fingerprint density at radius 2 is 2.04 bits per heavy atom. The molecule has 1 aromatic heterocycles. The van der Waals surface area contributed by atoms with Gasteiger partial charge >= 0.3 is 0 Å². The monoisotopic (exact) mass is 348 g/mol. The first-order valence-electron chi connectivity index (χ1n) is 9.16. The highest BCUT2D eigenvalue weighted by Gasteiger charge is 2.49. The van der Waals surface area contributed by atoms with Gasteiger partial charge in [0.15, 0.2) is 5.69 Å². The summed E-state index contributed by atoms with van der Waals surface area (Å²) < 4.78 is 7.20. The summed E-state index contributed by atoms with van der Waals surface area (Å²) in [6, 6.07) is 2.20. The number of hydrogen-bond acceptors (Lipinski definition) is 4. The van der Waals surface area contributed by atoms with Crippen LogP contribution in [0.2, 0.25) is 0 Å². The third-order valence-electron chi connectivity index (χ3n) is 5.64. The smallest absolute Gasteiger partial charge is 0.275 e. The van der Waals surface area contributed by atoms with E-state index >= 15 is 0 Å². The average molecular weight is 348 g/mol. The van der Waals surface area contributed by atoms with Crippen molar-refractivity contribution in [3.05, 3.63) is 17.5 Å². The van der Waals surface area contributed by atoms with Crippen LogP contribution in [0.3, 0.4) is 0 Å². The number of nitrogens with zero attached hydrogens (tertiary/aromatic N) is 3. The average Bonchev–Trinajstić information content (AvgIpc) is 3.20. The number of nitrogens with two attached hydrogens (primary N) is 1. The van der Waals surface area contributed by atoms with Gasteiger partial charge in [0, 0.05) is 19.3 Å². The van der Waals surface area contributed by atoms with E-state index in [0.29, 0.717) is 24.7 Å². The Labute approximate surface area is 148 Å². The predicted octanol–water partition coefficient (Wildman–Crippen LogP) is 1.80. The van der Waals surface area contributed by atoms with Crippen LogP contribution in [0.4, 0.5) is 0 Å². The molecule has 7 heteroatoms. The molecule has 3 rings (SSSR count). The van der Waals surface area contributed by atoms with Gasteiger partial charge in [-0.05, 0) is 38.7 Å². The fourth-order valence-corrected chi connectivity index (χ4v) is 4.32. The lowest BCUT2D eigenvalue weighted by molar-refractivity contribution is -0.130. The van der Waals surface area contributed by atoms with E-state index in [1.54, 1.807) is 4.90 Å². The van der Waals surface area contributed by atoms with Crippen molar-refractivity contribution in [2.24, 2.45) is 5.73 Å². The van der Waals surface area contributed by atoms with Crippen LogP contribution < -0.4 is 5.73 Å². The topological polar surface area (TPSA) is 90.5 Å². The van der Waals surface area contributed by atoms with Gasteiger partial charge in [0.2, 0.25) is 5.91 Å². The highest BCUT2D eigenvalue weighted by molar-refractivity contribution is 5.98. The maximum Gasteiger partial charge on any atom is 0.275 e. The maximum absolute atomic E-state index is 13.1. The first kappa shape index (κ1) is 17.9. The van der Waals surface area contributed by atoms with Crippen molar-refractivity contribution in [2.45, 2.75) is 63.5 Å². The molecule has 0 aromatic carbocycles. The lowest BCUT2D eigenvalue weighted by Gasteiger charge is -2.34. The molecule has 1 unspecified atom stereocenters. The minimum Gasteiger partial charge on any atom is -0.382 e. The molecule has 2 aliphatic rings. The van der Waals surface area contributed by atoms with Crippen molar-refractivity contribution in [2.75, 3.05) is 20.3 Å². The van der Waals surface area contributed by atoms with Gasteiger partial charge in [-0.3, -0.25) is 14.3 Å². The van der Waals surface area contributed by atoms with Crippen LogP contribution in [0.5, 0.6) is 0 Å². The molecule has 0 spiro atoms. The number of aromatic nitrogens is 2. The van der Waals surface area contributed by atoms with Crippen LogP contribution in [-0.2, 0) is 9.53 Å². The van der Waals surface area contributed by atoms with Crippen molar-refractivity contribution in [1.29, 1.82) is 0 Å². The van der Waals surface area contributed by atoms with Crippen LogP contribution in [0.1, 0.15) is 67.2 Å². The molecule has 25 heavy (non-hydrogen) atoms. The first-order chi connectivity index (χ1) is 12.0. The molecule has 1 saturated heterocycles. The van der Waals surface area contributed by atoms with Crippen molar-refractivity contribution in [3.63, 3.8) is 0 Å². The minimum absolute atomic E-state index is 0.121. The zero-order valence-electron chi connectivity index (χ0n) is 15.2. The second-order valence-electron chi connectivity index (χ2n) is 7.30. The Hall–Kier alpha value is -1.89. The molecule has 2 amide bonds. The van der Waals surface area contributed by atoms with Crippen molar-refractivity contribution in [3.8, 4) is 0 Å². The molecule has 1 aromatic rings. The summed E-state index contributed by atoms with van der Waals surface area (Å²) in [5.74, 6) is -0.741. The van der Waals surface area contributed by atoms with Crippen LogP contribution in [-0.4, -0.2) is 52.3 Å². The molecular formula is C18H28N4O3. The number of hydrogen-bond donors (Lipinski definition) is 1. The summed E-state index contributed by atoms with van der Waals surface area (Å²) in [6.45, 7) is 2.61. The first-order valence-corrected chi connectivity index (χ1v) is 9.16. The van der Waals surface area contributed by atoms with Crippen molar-refractivity contribution in [1.82, 2.24) is 14.7 Å². The molecule has 0 bridgehead atoms. The van der Waals surface area contributed by atoms with Gasteiger partial charge in [-0.1, -0.05) is 19.3 Å². The molecule has 1 aliphatic carbocycles. The van der Waals surface area contributed by atoms with E-state index in [4.69, 9.17) is 10.5 Å². The minimum atomic E-state index is -1.06. The van der Waals surface area contributed by atoms with E-state index in [-0.39, 0.29) is 12.5 Å². The SMILES string of the molecule is COCC1(C(N)=O)CCCN1C(=O)c1cc(C)n(C2CCCCC2)n1. The largest absolute Gasteiger partial charge is 0.382 e. The fourth-order valence-electron chi connectivity index (χ4n) is 4.32. The third kappa shape index (κ3) is 3.17. The molecule has 1 saturated carbocycles. The fraction of sp³-hybridized carbons (Fsp3) is 0.722. The Morgan fingerprint density at radius 1 is 1.32 bits per heavy atom. The number of amides is 2. The Bertz CT molecular complexity index is 651. The summed E-state index contributed by atoms with van der Waals surface area (Å²) in [5.41, 5.74) is 5.96. The van der Waals surface area contributed by atoms with Crippen molar-refractivity contribution < 1.29 is 14.3 Å². The Morgan fingerprint density at radius 3 is 2.68 bits per heavy atom. The number of carbonyl (C=O) groups excluding carboxylic acids is 2. The van der Waals surface area contributed by atoms with E-state index in [1.165, 1.54) is 26.4 Å². The van der Waals surface area contributed by atoms with E-state index in [1.807, 2.05) is 17.7 Å². The lowest BCUT2D eigenvalue weighted by atomic mass is 9.95. The van der Waals surface area contributed by atoms with E-state index in [9.17, 15) is 9.59 Å². The standard InChI is InChI=1S/C18H28N4O3/c1-13-11-15(20-22(13)14-7-4-3-5-8-14)16(23)21-10-6-9-18(21,12-25-2)17(19)24/h11,14H,3-10,12H2,1-2H3,(H2,19,24). The molecule has 2 N–H and O–H groups in total.